The molecule has 2 heterocycles. The molecule has 0 fully saturated rings. The zero-order valence-electron chi connectivity index (χ0n) is 23.7. The second-order valence-corrected chi connectivity index (χ2v) is 10.9. The maximum atomic E-state index is 14.1. The highest BCUT2D eigenvalue weighted by molar-refractivity contribution is 7.07. The number of fused-ring (bicyclic) bond motifs is 1. The summed E-state index contributed by atoms with van der Waals surface area (Å²) in [5.41, 5.74) is 4.07. The van der Waals surface area contributed by atoms with Crippen molar-refractivity contribution >= 4 is 29.1 Å². The van der Waals surface area contributed by atoms with Crippen LogP contribution in [0, 0.1) is 0 Å². The Kier molecular flexibility index (Phi) is 8.21. The number of hydrogen-bond donors (Lipinski definition) is 0. The van der Waals surface area contributed by atoms with Gasteiger partial charge in [0.1, 0.15) is 0 Å². The molecule has 3 aromatic carbocycles. The van der Waals surface area contributed by atoms with Gasteiger partial charge in [0.2, 0.25) is 0 Å². The van der Waals surface area contributed by atoms with Gasteiger partial charge in [-0.2, -0.15) is 0 Å². The highest BCUT2D eigenvalue weighted by Crippen LogP contribution is 2.38. The van der Waals surface area contributed by atoms with Crippen LogP contribution in [-0.4, -0.2) is 31.4 Å². The number of thiazole rings is 1. The van der Waals surface area contributed by atoms with Gasteiger partial charge >= 0.3 is 5.97 Å². The van der Waals surface area contributed by atoms with E-state index in [1.807, 2.05) is 54.6 Å². The van der Waals surface area contributed by atoms with Crippen molar-refractivity contribution in [1.29, 1.82) is 0 Å². The number of aromatic nitrogens is 1. The molecule has 210 valence electrons. The van der Waals surface area contributed by atoms with Gasteiger partial charge in [-0.05, 0) is 47.7 Å². The Hall–Kier alpha value is -4.43. The molecule has 4 aromatic rings. The minimum absolute atomic E-state index is 0.180. The first kappa shape index (κ1) is 28.1. The Bertz CT molecular complexity index is 1780. The van der Waals surface area contributed by atoms with Crippen LogP contribution in [0.25, 0.3) is 11.8 Å². The maximum Gasteiger partial charge on any atom is 0.338 e. The van der Waals surface area contributed by atoms with E-state index in [4.69, 9.17) is 19.2 Å². The summed E-state index contributed by atoms with van der Waals surface area (Å²) in [6, 6.07) is 22.3. The molecule has 8 heteroatoms. The molecule has 0 N–H and O–H groups in total. The van der Waals surface area contributed by atoms with Gasteiger partial charge in [-0.15, -0.1) is 0 Å². The number of hydrogen-bond acceptors (Lipinski definition) is 7. The molecular formula is C33H32N2O5S. The molecule has 0 bridgehead atoms. The lowest BCUT2D eigenvalue weighted by Gasteiger charge is -2.26. The van der Waals surface area contributed by atoms with E-state index in [0.29, 0.717) is 38.0 Å². The molecule has 0 saturated heterocycles. The predicted molar refractivity (Wildman–Crippen MR) is 161 cm³/mol. The number of ether oxygens (including phenoxy) is 3. The second-order valence-electron chi connectivity index (χ2n) is 9.87. The van der Waals surface area contributed by atoms with Gasteiger partial charge < -0.3 is 14.2 Å². The number of methoxy groups -OCH3 is 2. The normalized spacial score (nSPS) is 15.0. The summed E-state index contributed by atoms with van der Waals surface area (Å²) in [6.07, 6.45) is 1.87. The summed E-state index contributed by atoms with van der Waals surface area (Å²) in [6.45, 7) is 6.23. The lowest BCUT2D eigenvalue weighted by Crippen LogP contribution is -2.40. The molecular weight excluding hydrogens is 536 g/mol. The maximum absolute atomic E-state index is 14.1. The number of carbonyl (C=O) groups is 1. The first-order chi connectivity index (χ1) is 19.9. The third kappa shape index (κ3) is 5.47. The molecule has 7 nitrogen and oxygen atoms in total. The predicted octanol–water partition coefficient (Wildman–Crippen LogP) is 5.08. The minimum atomic E-state index is -0.800. The van der Waals surface area contributed by atoms with Gasteiger partial charge in [-0.25, -0.2) is 9.79 Å². The van der Waals surface area contributed by atoms with Gasteiger partial charge in [0.25, 0.3) is 5.56 Å². The van der Waals surface area contributed by atoms with Gasteiger partial charge in [0, 0.05) is 5.56 Å². The molecule has 5 rings (SSSR count). The van der Waals surface area contributed by atoms with Crippen LogP contribution >= 0.6 is 11.3 Å². The van der Waals surface area contributed by atoms with Crippen molar-refractivity contribution in [3.8, 4) is 11.5 Å². The first-order valence-corrected chi connectivity index (χ1v) is 14.3. The van der Waals surface area contributed by atoms with Gasteiger partial charge in [-0.1, -0.05) is 85.8 Å². The van der Waals surface area contributed by atoms with Crippen LogP contribution in [0.15, 0.2) is 88.2 Å². The quantitative estimate of drug-likeness (QED) is 0.277. The zero-order chi connectivity index (χ0) is 29.1. The number of nitrogens with zero attached hydrogens (tertiary/aromatic N) is 2. The van der Waals surface area contributed by atoms with Gasteiger partial charge in [0.05, 0.1) is 42.7 Å². The fourth-order valence-corrected chi connectivity index (χ4v) is 5.91. The van der Waals surface area contributed by atoms with Crippen molar-refractivity contribution in [2.75, 3.05) is 20.8 Å². The molecule has 0 radical (unpaired) electrons. The van der Waals surface area contributed by atoms with Crippen molar-refractivity contribution in [3.05, 3.63) is 120 Å². The molecule has 0 spiro atoms. The zero-order valence-corrected chi connectivity index (χ0v) is 24.5. The monoisotopic (exact) mass is 568 g/mol. The minimum Gasteiger partial charge on any atom is -0.493 e. The standard InChI is InChI=1S/C33H32N2O5S/c1-6-40-32(37)28-29(23-10-8-7-9-11-23)34-33-35(30(28)24-16-17-25(38-4)26(19-24)39-5)31(36)27(41-33)18-21-12-14-22(15-13-21)20(2)3/h7-20,30H,6H2,1-5H3/b27-18-/t30-/m0/s1. The van der Waals surface area contributed by atoms with E-state index in [2.05, 4.69) is 26.0 Å². The van der Waals surface area contributed by atoms with Crippen LogP contribution < -0.4 is 24.4 Å². The molecule has 0 saturated carbocycles. The molecule has 1 aromatic heterocycles. The summed E-state index contributed by atoms with van der Waals surface area (Å²) < 4.78 is 18.7. The lowest BCUT2D eigenvalue weighted by molar-refractivity contribution is -0.138. The lowest BCUT2D eigenvalue weighted by atomic mass is 9.93. The topological polar surface area (TPSA) is 79.1 Å². The van der Waals surface area contributed by atoms with Crippen molar-refractivity contribution in [2.24, 2.45) is 4.99 Å². The van der Waals surface area contributed by atoms with E-state index in [-0.39, 0.29) is 17.7 Å². The third-order valence-corrected chi connectivity index (χ3v) is 7.98. The van der Waals surface area contributed by atoms with Crippen LogP contribution in [0.5, 0.6) is 11.5 Å². The van der Waals surface area contributed by atoms with Crippen molar-refractivity contribution < 1.29 is 19.0 Å². The molecule has 0 aliphatic carbocycles. The fraction of sp³-hybridized carbons (Fsp3) is 0.242. The third-order valence-electron chi connectivity index (χ3n) is 7.00. The summed E-state index contributed by atoms with van der Waals surface area (Å²) in [7, 11) is 3.11. The molecule has 1 atom stereocenters. The Morgan fingerprint density at radius 3 is 2.34 bits per heavy atom. The van der Waals surface area contributed by atoms with Crippen molar-refractivity contribution in [3.63, 3.8) is 0 Å². The highest BCUT2D eigenvalue weighted by Gasteiger charge is 2.35. The average molecular weight is 569 g/mol. The smallest absolute Gasteiger partial charge is 0.338 e. The fourth-order valence-electron chi connectivity index (χ4n) is 4.91. The van der Waals surface area contributed by atoms with E-state index in [1.165, 1.54) is 16.9 Å². The van der Waals surface area contributed by atoms with Crippen LogP contribution in [0.3, 0.4) is 0 Å². The van der Waals surface area contributed by atoms with Crippen molar-refractivity contribution in [2.45, 2.75) is 32.7 Å². The summed E-state index contributed by atoms with van der Waals surface area (Å²) in [5, 5.41) is 0. The van der Waals surface area contributed by atoms with Crippen LogP contribution in [0.2, 0.25) is 0 Å². The van der Waals surface area contributed by atoms with Crippen molar-refractivity contribution in [1.82, 2.24) is 4.57 Å². The number of esters is 1. The summed E-state index contributed by atoms with van der Waals surface area (Å²) in [4.78, 5) is 33.1. The summed E-state index contributed by atoms with van der Waals surface area (Å²) in [5.74, 6) is 0.902. The van der Waals surface area contributed by atoms with E-state index in [0.717, 1.165) is 11.1 Å². The largest absolute Gasteiger partial charge is 0.493 e. The SMILES string of the molecule is CCOC(=O)C1=C(c2ccccc2)N=c2s/c(=C\c3ccc(C(C)C)cc3)c(=O)n2[C@H]1c1ccc(OC)c(OC)c1. The van der Waals surface area contributed by atoms with Crippen LogP contribution in [-0.2, 0) is 9.53 Å². The van der Waals surface area contributed by atoms with Gasteiger partial charge in [-0.3, -0.25) is 9.36 Å². The van der Waals surface area contributed by atoms with E-state index in [1.54, 1.807) is 37.8 Å². The van der Waals surface area contributed by atoms with E-state index >= 15 is 0 Å². The Morgan fingerprint density at radius 2 is 1.71 bits per heavy atom. The number of carbonyl (C=O) groups excluding carboxylic acids is 1. The Labute approximate surface area is 242 Å². The van der Waals surface area contributed by atoms with E-state index < -0.39 is 12.0 Å². The second kappa shape index (κ2) is 12.0. The molecule has 0 amide bonds. The molecule has 1 aliphatic rings. The first-order valence-electron chi connectivity index (χ1n) is 13.5. The molecule has 0 unspecified atom stereocenters. The highest BCUT2D eigenvalue weighted by atomic mass is 32.1. The average Bonchev–Trinajstić information content (AvgIpc) is 3.30. The number of benzene rings is 3. The number of rotatable bonds is 8. The molecule has 1 aliphatic heterocycles. The van der Waals surface area contributed by atoms with Gasteiger partial charge in [0.15, 0.2) is 16.3 Å². The van der Waals surface area contributed by atoms with Crippen LogP contribution in [0.1, 0.15) is 55.0 Å². The van der Waals surface area contributed by atoms with Crippen LogP contribution in [0.4, 0.5) is 0 Å². The molecule has 41 heavy (non-hydrogen) atoms. The summed E-state index contributed by atoms with van der Waals surface area (Å²) >= 11 is 1.29. The Morgan fingerprint density at radius 1 is 1.00 bits per heavy atom. The Balaban J connectivity index is 1.80. The van der Waals surface area contributed by atoms with E-state index in [9.17, 15) is 9.59 Å².